The van der Waals surface area contributed by atoms with E-state index in [0.29, 0.717) is 12.0 Å². The zero-order valence-corrected chi connectivity index (χ0v) is 13.4. The van der Waals surface area contributed by atoms with E-state index in [1.54, 1.807) is 19.0 Å². The summed E-state index contributed by atoms with van der Waals surface area (Å²) >= 11 is 0. The summed E-state index contributed by atoms with van der Waals surface area (Å²) in [6, 6.07) is 3.97. The van der Waals surface area contributed by atoms with E-state index in [2.05, 4.69) is 15.6 Å². The third kappa shape index (κ3) is 4.40. The number of aliphatic imine (C=N–C) groups is 1. The van der Waals surface area contributed by atoms with Crippen molar-refractivity contribution >= 4 is 5.96 Å². The summed E-state index contributed by atoms with van der Waals surface area (Å²) in [4.78, 5) is 6.28. The van der Waals surface area contributed by atoms with Gasteiger partial charge in [-0.25, -0.2) is 8.78 Å². The molecule has 0 bridgehead atoms. The van der Waals surface area contributed by atoms with Crippen LogP contribution < -0.4 is 10.6 Å². The highest BCUT2D eigenvalue weighted by atomic mass is 19.1. The average molecular weight is 310 g/mol. The summed E-state index contributed by atoms with van der Waals surface area (Å²) < 4.78 is 28.0. The molecule has 122 valence electrons. The first kappa shape index (κ1) is 16.7. The van der Waals surface area contributed by atoms with Gasteiger partial charge in [0.15, 0.2) is 5.96 Å². The Bertz CT molecular complexity index is 507. The minimum Gasteiger partial charge on any atom is -0.357 e. The quantitative estimate of drug-likeness (QED) is 0.625. The van der Waals surface area contributed by atoms with Crippen LogP contribution in [-0.2, 0) is 0 Å². The lowest BCUT2D eigenvalue weighted by molar-refractivity contribution is 0.290. The van der Waals surface area contributed by atoms with E-state index >= 15 is 0 Å². The van der Waals surface area contributed by atoms with Gasteiger partial charge in [0.25, 0.3) is 0 Å². The van der Waals surface area contributed by atoms with Crippen molar-refractivity contribution in [1.82, 2.24) is 15.5 Å². The molecule has 0 spiro atoms. The van der Waals surface area contributed by atoms with Gasteiger partial charge in [0.1, 0.15) is 11.6 Å². The molecule has 22 heavy (non-hydrogen) atoms. The number of hydrogen-bond acceptors (Lipinski definition) is 2. The molecule has 1 fully saturated rings. The lowest BCUT2D eigenvalue weighted by Crippen LogP contribution is -2.39. The van der Waals surface area contributed by atoms with Crippen LogP contribution >= 0.6 is 0 Å². The molecular weight excluding hydrogens is 286 g/mol. The van der Waals surface area contributed by atoms with Gasteiger partial charge in [0, 0.05) is 18.2 Å². The molecule has 0 aliphatic heterocycles. The first-order valence-corrected chi connectivity index (χ1v) is 7.68. The van der Waals surface area contributed by atoms with Crippen molar-refractivity contribution in [3.05, 3.63) is 35.4 Å². The lowest BCUT2D eigenvalue weighted by Gasteiger charge is -2.24. The van der Waals surface area contributed by atoms with Gasteiger partial charge in [0.2, 0.25) is 0 Å². The van der Waals surface area contributed by atoms with Crippen molar-refractivity contribution in [3.63, 3.8) is 0 Å². The van der Waals surface area contributed by atoms with Crippen LogP contribution in [-0.4, -0.2) is 44.1 Å². The predicted molar refractivity (Wildman–Crippen MR) is 84.9 cm³/mol. The number of rotatable bonds is 6. The van der Waals surface area contributed by atoms with Crippen molar-refractivity contribution in [2.24, 2.45) is 4.99 Å². The van der Waals surface area contributed by atoms with Gasteiger partial charge in [0.05, 0.1) is 12.6 Å². The second-order valence-corrected chi connectivity index (χ2v) is 5.75. The van der Waals surface area contributed by atoms with Gasteiger partial charge in [-0.15, -0.1) is 0 Å². The van der Waals surface area contributed by atoms with Crippen molar-refractivity contribution in [1.29, 1.82) is 0 Å². The molecule has 1 unspecified atom stereocenters. The molecule has 1 aliphatic rings. The Hall–Kier alpha value is -1.69. The summed E-state index contributed by atoms with van der Waals surface area (Å²) in [5.74, 6) is -0.364. The van der Waals surface area contributed by atoms with E-state index in [1.807, 2.05) is 6.92 Å². The number of likely N-dealkylation sites (N-methyl/N-ethyl adjacent to an activating group) is 1. The number of nitrogens with zero attached hydrogens (tertiary/aromatic N) is 2. The fourth-order valence-corrected chi connectivity index (χ4v) is 2.26. The third-order valence-corrected chi connectivity index (χ3v) is 3.64. The second kappa shape index (κ2) is 7.54. The molecule has 0 heterocycles. The van der Waals surface area contributed by atoms with Gasteiger partial charge in [-0.2, -0.15) is 0 Å². The zero-order chi connectivity index (χ0) is 16.1. The van der Waals surface area contributed by atoms with Crippen molar-refractivity contribution < 1.29 is 8.78 Å². The molecule has 2 N–H and O–H groups in total. The van der Waals surface area contributed by atoms with E-state index in [-0.39, 0.29) is 12.1 Å². The Labute approximate surface area is 130 Å². The molecule has 1 aliphatic carbocycles. The molecule has 0 saturated heterocycles. The number of benzene rings is 1. The average Bonchev–Trinajstić information content (AvgIpc) is 3.25. The summed E-state index contributed by atoms with van der Waals surface area (Å²) in [6.07, 6.45) is 2.28. The van der Waals surface area contributed by atoms with E-state index in [9.17, 15) is 8.78 Å². The zero-order valence-electron chi connectivity index (χ0n) is 13.4. The normalized spacial score (nSPS) is 16.7. The van der Waals surface area contributed by atoms with Crippen molar-refractivity contribution in [2.45, 2.75) is 31.8 Å². The van der Waals surface area contributed by atoms with Crippen molar-refractivity contribution in [2.75, 3.05) is 27.2 Å². The van der Waals surface area contributed by atoms with E-state index in [1.165, 1.54) is 18.2 Å². The first-order valence-electron chi connectivity index (χ1n) is 7.68. The monoisotopic (exact) mass is 310 g/mol. The molecule has 1 aromatic rings. The van der Waals surface area contributed by atoms with Crippen LogP contribution in [0.15, 0.2) is 23.2 Å². The molecule has 6 heteroatoms. The molecule has 0 amide bonds. The van der Waals surface area contributed by atoms with Crippen LogP contribution in [0.2, 0.25) is 0 Å². The Kier molecular flexibility index (Phi) is 5.71. The molecule has 2 rings (SSSR count). The summed E-state index contributed by atoms with van der Waals surface area (Å²) in [7, 11) is 3.60. The number of halogens is 2. The van der Waals surface area contributed by atoms with Gasteiger partial charge < -0.3 is 15.5 Å². The molecule has 4 nitrogen and oxygen atoms in total. The van der Waals surface area contributed by atoms with Crippen LogP contribution in [0.4, 0.5) is 8.78 Å². The molecule has 1 aromatic carbocycles. The van der Waals surface area contributed by atoms with E-state index in [0.717, 1.165) is 19.4 Å². The van der Waals surface area contributed by atoms with E-state index in [4.69, 9.17) is 0 Å². The molecule has 1 saturated carbocycles. The topological polar surface area (TPSA) is 39.7 Å². The predicted octanol–water partition coefficient (Wildman–Crippen LogP) is 2.29. The van der Waals surface area contributed by atoms with Gasteiger partial charge in [-0.05, 0) is 46.0 Å². The third-order valence-electron chi connectivity index (χ3n) is 3.64. The van der Waals surface area contributed by atoms with Crippen molar-refractivity contribution in [3.8, 4) is 0 Å². The highest BCUT2D eigenvalue weighted by Gasteiger charge is 2.24. The summed E-state index contributed by atoms with van der Waals surface area (Å²) in [6.45, 7) is 3.02. The Morgan fingerprint density at radius 1 is 1.32 bits per heavy atom. The minimum atomic E-state index is -0.533. The second-order valence-electron chi connectivity index (χ2n) is 5.75. The Morgan fingerprint density at radius 3 is 2.45 bits per heavy atom. The molecular formula is C16H24F2N4. The molecule has 0 radical (unpaired) electrons. The van der Waals surface area contributed by atoms with E-state index < -0.39 is 17.7 Å². The number of hydrogen-bond donors (Lipinski definition) is 2. The molecule has 1 atom stereocenters. The lowest BCUT2D eigenvalue weighted by atomic mass is 10.0. The molecule has 0 aromatic heterocycles. The van der Waals surface area contributed by atoms with Gasteiger partial charge in [-0.3, -0.25) is 4.99 Å². The number of guanidine groups is 1. The smallest absolute Gasteiger partial charge is 0.191 e. The maximum absolute atomic E-state index is 14.0. The van der Waals surface area contributed by atoms with Crippen LogP contribution in [0.25, 0.3) is 0 Å². The largest absolute Gasteiger partial charge is 0.357 e. The van der Waals surface area contributed by atoms with Crippen LogP contribution in [0.3, 0.4) is 0 Å². The van der Waals surface area contributed by atoms with Crippen LogP contribution in [0, 0.1) is 11.6 Å². The Morgan fingerprint density at radius 2 is 1.95 bits per heavy atom. The fraction of sp³-hybridized carbons (Fsp3) is 0.562. The Balaban J connectivity index is 2.17. The fourth-order valence-electron chi connectivity index (χ4n) is 2.26. The standard InChI is InChI=1S/C16H24F2N4/c1-4-19-16(21-11-8-9-11)20-10-14(22(2)3)15-12(17)6-5-7-13(15)18/h5-7,11,14H,4,8-10H2,1-3H3,(H2,19,20,21). The summed E-state index contributed by atoms with van der Waals surface area (Å²) in [5.41, 5.74) is 0.0681. The van der Waals surface area contributed by atoms with Crippen LogP contribution in [0.5, 0.6) is 0 Å². The highest BCUT2D eigenvalue weighted by Crippen LogP contribution is 2.25. The maximum atomic E-state index is 14.0. The maximum Gasteiger partial charge on any atom is 0.191 e. The van der Waals surface area contributed by atoms with Gasteiger partial charge in [-0.1, -0.05) is 6.07 Å². The highest BCUT2D eigenvalue weighted by molar-refractivity contribution is 5.80. The van der Waals surface area contributed by atoms with Gasteiger partial charge >= 0.3 is 0 Å². The van der Waals surface area contributed by atoms with Crippen LogP contribution in [0.1, 0.15) is 31.4 Å². The first-order chi connectivity index (χ1) is 10.5. The summed E-state index contributed by atoms with van der Waals surface area (Å²) in [5, 5.41) is 6.46. The SMILES string of the molecule is CCNC(=NCC(c1c(F)cccc1F)N(C)C)NC1CC1. The number of nitrogens with one attached hydrogen (secondary N) is 2. The minimum absolute atomic E-state index is 0.0681.